The lowest BCUT2D eigenvalue weighted by atomic mass is 9.43. The average molecular weight is 373 g/mol. The zero-order chi connectivity index (χ0) is 19.4. The number of carbonyl (C=O) groups excluding carboxylic acids is 1. The van der Waals surface area contributed by atoms with Crippen molar-refractivity contribution in [3.63, 3.8) is 0 Å². The molecule has 0 saturated heterocycles. The number of carboxylic acid groups (broad SMARTS) is 1. The van der Waals surface area contributed by atoms with Gasteiger partial charge in [-0.2, -0.15) is 0 Å². The molecule has 4 fully saturated rings. The summed E-state index contributed by atoms with van der Waals surface area (Å²) >= 11 is 0. The first-order valence-corrected chi connectivity index (χ1v) is 11.2. The van der Waals surface area contributed by atoms with Crippen LogP contribution in [0.25, 0.3) is 0 Å². The SMILES string of the molecule is C/C=C1/C(=O)C2C3CCC(CCC(=O)O)C3(C)CCC2C2(C)CCCCC12. The average Bonchev–Trinajstić information content (AvgIpc) is 2.97. The summed E-state index contributed by atoms with van der Waals surface area (Å²) in [4.78, 5) is 24.8. The Hall–Kier alpha value is -1.12. The van der Waals surface area contributed by atoms with Crippen LogP contribution in [-0.4, -0.2) is 16.9 Å². The third kappa shape index (κ3) is 2.75. The molecule has 4 aliphatic carbocycles. The van der Waals surface area contributed by atoms with Gasteiger partial charge in [0.1, 0.15) is 0 Å². The molecule has 150 valence electrons. The number of hydrogen-bond donors (Lipinski definition) is 1. The molecular formula is C24H36O3. The molecule has 0 radical (unpaired) electrons. The van der Waals surface area contributed by atoms with Crippen LogP contribution in [-0.2, 0) is 9.59 Å². The molecule has 0 aliphatic heterocycles. The van der Waals surface area contributed by atoms with Crippen molar-refractivity contribution in [3.05, 3.63) is 11.6 Å². The molecule has 1 N–H and O–H groups in total. The van der Waals surface area contributed by atoms with Gasteiger partial charge in [-0.05, 0) is 91.9 Å². The monoisotopic (exact) mass is 372 g/mol. The van der Waals surface area contributed by atoms with Gasteiger partial charge in [-0.1, -0.05) is 32.8 Å². The zero-order valence-electron chi connectivity index (χ0n) is 17.3. The van der Waals surface area contributed by atoms with Gasteiger partial charge in [0.15, 0.2) is 5.78 Å². The molecule has 0 aromatic heterocycles. The molecule has 4 aliphatic rings. The van der Waals surface area contributed by atoms with Gasteiger partial charge in [-0.25, -0.2) is 0 Å². The first-order valence-electron chi connectivity index (χ1n) is 11.2. The Balaban J connectivity index is 1.67. The summed E-state index contributed by atoms with van der Waals surface area (Å²) in [7, 11) is 0. The molecule has 3 nitrogen and oxygen atoms in total. The van der Waals surface area contributed by atoms with Crippen LogP contribution in [0.5, 0.6) is 0 Å². The second-order valence-corrected chi connectivity index (χ2v) is 10.4. The fourth-order valence-electron chi connectivity index (χ4n) is 8.15. The summed E-state index contributed by atoms with van der Waals surface area (Å²) in [5.41, 5.74) is 1.58. The van der Waals surface area contributed by atoms with E-state index in [1.807, 2.05) is 0 Å². The van der Waals surface area contributed by atoms with Crippen LogP contribution in [0.4, 0.5) is 0 Å². The third-order valence-corrected chi connectivity index (χ3v) is 9.55. The van der Waals surface area contributed by atoms with Crippen LogP contribution < -0.4 is 0 Å². The van der Waals surface area contributed by atoms with Crippen molar-refractivity contribution in [2.45, 2.75) is 85.0 Å². The Labute approximate surface area is 164 Å². The lowest BCUT2D eigenvalue weighted by Crippen LogP contribution is -2.57. The first kappa shape index (κ1) is 19.2. The van der Waals surface area contributed by atoms with Crippen molar-refractivity contribution >= 4 is 11.8 Å². The van der Waals surface area contributed by atoms with Crippen molar-refractivity contribution in [1.82, 2.24) is 0 Å². The summed E-state index contributed by atoms with van der Waals surface area (Å²) in [5.74, 6) is 1.90. The number of Topliss-reactive ketones (excluding diaryl/α,β-unsaturated/α-hetero) is 1. The Kier molecular flexibility index (Phi) is 4.79. The number of rotatable bonds is 3. The van der Waals surface area contributed by atoms with Crippen LogP contribution in [0.1, 0.15) is 85.0 Å². The van der Waals surface area contributed by atoms with Gasteiger partial charge in [0.2, 0.25) is 0 Å². The number of allylic oxidation sites excluding steroid dienone is 2. The molecule has 0 spiro atoms. The van der Waals surface area contributed by atoms with Gasteiger partial charge in [-0.15, -0.1) is 0 Å². The van der Waals surface area contributed by atoms with Crippen molar-refractivity contribution < 1.29 is 14.7 Å². The van der Waals surface area contributed by atoms with Gasteiger partial charge in [-0.3, -0.25) is 9.59 Å². The minimum absolute atomic E-state index is 0.156. The van der Waals surface area contributed by atoms with Gasteiger partial charge in [0.05, 0.1) is 0 Å². The summed E-state index contributed by atoms with van der Waals surface area (Å²) in [6.07, 6.45) is 12.8. The summed E-state index contributed by atoms with van der Waals surface area (Å²) in [6.45, 7) is 6.93. The smallest absolute Gasteiger partial charge is 0.303 e. The fraction of sp³-hybridized carbons (Fsp3) is 0.833. The molecule has 4 rings (SSSR count). The fourth-order valence-corrected chi connectivity index (χ4v) is 8.15. The van der Waals surface area contributed by atoms with Crippen molar-refractivity contribution in [3.8, 4) is 0 Å². The van der Waals surface area contributed by atoms with Crippen LogP contribution in [0, 0.1) is 40.4 Å². The number of carbonyl (C=O) groups is 2. The van der Waals surface area contributed by atoms with Crippen LogP contribution in [0.15, 0.2) is 11.6 Å². The third-order valence-electron chi connectivity index (χ3n) is 9.55. The summed E-state index contributed by atoms with van der Waals surface area (Å²) in [6, 6.07) is 0. The normalized spacial score (nSPS) is 48.0. The molecule has 7 atom stereocenters. The Morgan fingerprint density at radius 1 is 1.07 bits per heavy atom. The van der Waals surface area contributed by atoms with Crippen LogP contribution >= 0.6 is 0 Å². The standard InChI is InChI=1S/C24H36O3/c1-4-16-17-7-5-6-13-24(17,3)19-12-14-23(2)15(9-11-20(25)26)8-10-18(23)21(19)22(16)27/h4,15,17-19,21H,5-14H2,1-3H3,(H,25,26)/b16-4+. The molecule has 0 aromatic rings. The second kappa shape index (κ2) is 6.74. The summed E-state index contributed by atoms with van der Waals surface area (Å²) in [5, 5.41) is 9.15. The minimum atomic E-state index is -0.682. The maximum Gasteiger partial charge on any atom is 0.303 e. The molecular weight excluding hydrogens is 336 g/mol. The Bertz CT molecular complexity index is 665. The molecule has 0 heterocycles. The highest BCUT2D eigenvalue weighted by Crippen LogP contribution is 2.67. The zero-order valence-corrected chi connectivity index (χ0v) is 17.3. The van der Waals surface area contributed by atoms with Gasteiger partial charge in [0, 0.05) is 12.3 Å². The lowest BCUT2D eigenvalue weighted by Gasteiger charge is -2.60. The van der Waals surface area contributed by atoms with Crippen LogP contribution in [0.2, 0.25) is 0 Å². The topological polar surface area (TPSA) is 54.4 Å². The van der Waals surface area contributed by atoms with E-state index in [1.54, 1.807) is 0 Å². The highest BCUT2D eigenvalue weighted by molar-refractivity contribution is 5.99. The second-order valence-electron chi connectivity index (χ2n) is 10.4. The largest absolute Gasteiger partial charge is 0.481 e. The Morgan fingerprint density at radius 3 is 2.52 bits per heavy atom. The van der Waals surface area contributed by atoms with E-state index in [-0.39, 0.29) is 17.8 Å². The highest BCUT2D eigenvalue weighted by Gasteiger charge is 2.63. The van der Waals surface area contributed by atoms with E-state index in [2.05, 4.69) is 26.8 Å². The van der Waals surface area contributed by atoms with E-state index < -0.39 is 5.97 Å². The molecule has 0 bridgehead atoms. The summed E-state index contributed by atoms with van der Waals surface area (Å²) < 4.78 is 0. The minimum Gasteiger partial charge on any atom is -0.481 e. The highest BCUT2D eigenvalue weighted by atomic mass is 16.4. The van der Waals surface area contributed by atoms with E-state index in [4.69, 9.17) is 5.11 Å². The quantitative estimate of drug-likeness (QED) is 0.653. The molecule has 0 amide bonds. The van der Waals surface area contributed by atoms with Crippen molar-refractivity contribution in [2.24, 2.45) is 40.4 Å². The number of ketones is 1. The van der Waals surface area contributed by atoms with E-state index in [0.717, 1.165) is 31.3 Å². The van der Waals surface area contributed by atoms with E-state index in [9.17, 15) is 9.59 Å². The van der Waals surface area contributed by atoms with Gasteiger partial charge >= 0.3 is 5.97 Å². The predicted molar refractivity (Wildman–Crippen MR) is 106 cm³/mol. The first-order chi connectivity index (χ1) is 12.8. The maximum atomic E-state index is 13.7. The molecule has 3 heteroatoms. The van der Waals surface area contributed by atoms with Gasteiger partial charge < -0.3 is 5.11 Å². The molecule has 0 aromatic carbocycles. The number of fused-ring (bicyclic) bond motifs is 5. The van der Waals surface area contributed by atoms with Gasteiger partial charge in [0.25, 0.3) is 0 Å². The van der Waals surface area contributed by atoms with E-state index in [1.165, 1.54) is 32.1 Å². The molecule has 4 saturated carbocycles. The lowest BCUT2D eigenvalue weighted by molar-refractivity contribution is -0.146. The van der Waals surface area contributed by atoms with E-state index >= 15 is 0 Å². The number of carboxylic acids is 1. The Morgan fingerprint density at radius 2 is 1.81 bits per heavy atom. The number of hydrogen-bond acceptors (Lipinski definition) is 2. The molecule has 27 heavy (non-hydrogen) atoms. The number of aliphatic carboxylic acids is 1. The van der Waals surface area contributed by atoms with E-state index in [0.29, 0.717) is 34.9 Å². The van der Waals surface area contributed by atoms with Crippen molar-refractivity contribution in [2.75, 3.05) is 0 Å². The maximum absolute atomic E-state index is 13.7. The van der Waals surface area contributed by atoms with Crippen LogP contribution in [0.3, 0.4) is 0 Å². The van der Waals surface area contributed by atoms with Crippen molar-refractivity contribution in [1.29, 1.82) is 0 Å². The molecule has 7 unspecified atom stereocenters. The predicted octanol–water partition coefficient (Wildman–Crippen LogP) is 5.64.